The molecule has 0 spiro atoms. The molecule has 0 aliphatic carbocycles. The van der Waals surface area contributed by atoms with Crippen molar-refractivity contribution in [3.8, 4) is 0 Å². The van der Waals surface area contributed by atoms with Gasteiger partial charge in [0.2, 0.25) is 0 Å². The molecule has 0 aromatic rings. The second-order valence-electron chi connectivity index (χ2n) is 4.03. The summed E-state index contributed by atoms with van der Waals surface area (Å²) in [5.41, 5.74) is 0. The van der Waals surface area contributed by atoms with Crippen LogP contribution in [0.3, 0.4) is 0 Å². The van der Waals surface area contributed by atoms with Gasteiger partial charge >= 0.3 is 5.97 Å². The molecule has 0 bridgehead atoms. The van der Waals surface area contributed by atoms with Gasteiger partial charge < -0.3 is 9.84 Å². The Bertz CT molecular complexity index is 209. The van der Waals surface area contributed by atoms with Gasteiger partial charge in [-0.05, 0) is 6.42 Å². The molecular formula is C13H24O3. The SMILES string of the molecule is CCCCCCCCCC(O)=CC(=O)OC. The summed E-state index contributed by atoms with van der Waals surface area (Å²) >= 11 is 0. The number of ether oxygens (including phenoxy) is 1. The number of esters is 1. The minimum Gasteiger partial charge on any atom is -0.512 e. The van der Waals surface area contributed by atoms with Gasteiger partial charge in [-0.25, -0.2) is 4.79 Å². The molecule has 0 unspecified atom stereocenters. The summed E-state index contributed by atoms with van der Waals surface area (Å²) in [5, 5.41) is 9.35. The van der Waals surface area contributed by atoms with Crippen molar-refractivity contribution >= 4 is 5.97 Å². The van der Waals surface area contributed by atoms with E-state index in [1.54, 1.807) is 0 Å². The van der Waals surface area contributed by atoms with Crippen LogP contribution in [0.15, 0.2) is 11.8 Å². The number of aliphatic hydroxyl groups is 1. The highest BCUT2D eigenvalue weighted by atomic mass is 16.5. The van der Waals surface area contributed by atoms with E-state index in [4.69, 9.17) is 0 Å². The van der Waals surface area contributed by atoms with E-state index in [1.807, 2.05) is 0 Å². The van der Waals surface area contributed by atoms with Crippen LogP contribution in [-0.4, -0.2) is 18.2 Å². The highest BCUT2D eigenvalue weighted by molar-refractivity contribution is 5.82. The lowest BCUT2D eigenvalue weighted by atomic mass is 10.1. The zero-order valence-electron chi connectivity index (χ0n) is 10.5. The molecule has 16 heavy (non-hydrogen) atoms. The van der Waals surface area contributed by atoms with E-state index in [-0.39, 0.29) is 5.76 Å². The standard InChI is InChI=1S/C13H24O3/c1-3-4-5-6-7-8-9-10-12(14)11-13(15)16-2/h11,14H,3-10H2,1-2H3. The average molecular weight is 228 g/mol. The Balaban J connectivity index is 3.37. The van der Waals surface area contributed by atoms with Crippen molar-refractivity contribution in [1.29, 1.82) is 0 Å². The first-order valence-electron chi connectivity index (χ1n) is 6.18. The van der Waals surface area contributed by atoms with Crippen molar-refractivity contribution in [2.75, 3.05) is 7.11 Å². The summed E-state index contributed by atoms with van der Waals surface area (Å²) in [6, 6.07) is 0. The molecule has 1 N–H and O–H groups in total. The van der Waals surface area contributed by atoms with E-state index < -0.39 is 5.97 Å². The molecule has 0 aliphatic heterocycles. The first-order valence-corrected chi connectivity index (χ1v) is 6.18. The van der Waals surface area contributed by atoms with E-state index in [9.17, 15) is 9.90 Å². The number of rotatable bonds is 9. The normalized spacial score (nSPS) is 11.5. The maximum Gasteiger partial charge on any atom is 0.333 e. The summed E-state index contributed by atoms with van der Waals surface area (Å²) in [5.74, 6) is -0.360. The fourth-order valence-corrected chi connectivity index (χ4v) is 1.53. The van der Waals surface area contributed by atoms with Gasteiger partial charge in [0.05, 0.1) is 18.9 Å². The smallest absolute Gasteiger partial charge is 0.333 e. The van der Waals surface area contributed by atoms with Crippen molar-refractivity contribution in [1.82, 2.24) is 0 Å². The lowest BCUT2D eigenvalue weighted by Gasteiger charge is -2.01. The van der Waals surface area contributed by atoms with Crippen LogP contribution in [0.5, 0.6) is 0 Å². The lowest BCUT2D eigenvalue weighted by Crippen LogP contribution is -1.97. The number of unbranched alkanes of at least 4 members (excludes halogenated alkanes) is 6. The number of carbonyl (C=O) groups excluding carboxylic acids is 1. The Kier molecular flexibility index (Phi) is 9.87. The van der Waals surface area contributed by atoms with Crippen molar-refractivity contribution in [2.24, 2.45) is 0 Å². The molecule has 0 amide bonds. The van der Waals surface area contributed by atoms with E-state index in [0.717, 1.165) is 18.9 Å². The second-order valence-corrected chi connectivity index (χ2v) is 4.03. The Morgan fingerprint density at radius 1 is 1.12 bits per heavy atom. The minimum absolute atomic E-state index is 0.125. The fraction of sp³-hybridized carbons (Fsp3) is 0.769. The van der Waals surface area contributed by atoms with Crippen molar-refractivity contribution in [2.45, 2.75) is 58.3 Å². The molecule has 3 heteroatoms. The van der Waals surface area contributed by atoms with Crippen LogP contribution in [0.25, 0.3) is 0 Å². The van der Waals surface area contributed by atoms with Crippen LogP contribution >= 0.6 is 0 Å². The fourth-order valence-electron chi connectivity index (χ4n) is 1.53. The van der Waals surface area contributed by atoms with E-state index in [2.05, 4.69) is 11.7 Å². The van der Waals surface area contributed by atoms with E-state index in [0.29, 0.717) is 6.42 Å². The summed E-state index contributed by atoms with van der Waals surface area (Å²) in [6.45, 7) is 2.20. The van der Waals surface area contributed by atoms with Crippen LogP contribution in [0.1, 0.15) is 58.3 Å². The predicted octanol–water partition coefficient (Wildman–Crippen LogP) is 3.74. The molecular weight excluding hydrogens is 204 g/mol. The molecule has 94 valence electrons. The maximum absolute atomic E-state index is 10.8. The summed E-state index contributed by atoms with van der Waals surface area (Å²) in [6.07, 6.45) is 10.1. The Hall–Kier alpha value is -0.990. The largest absolute Gasteiger partial charge is 0.512 e. The molecule has 0 heterocycles. The van der Waals surface area contributed by atoms with Gasteiger partial charge in [-0.3, -0.25) is 0 Å². The van der Waals surface area contributed by atoms with Crippen LogP contribution in [0, 0.1) is 0 Å². The zero-order chi connectivity index (χ0) is 12.2. The lowest BCUT2D eigenvalue weighted by molar-refractivity contribution is -0.135. The molecule has 0 aliphatic rings. The zero-order valence-corrected chi connectivity index (χ0v) is 10.5. The van der Waals surface area contributed by atoms with E-state index in [1.165, 1.54) is 39.2 Å². The first kappa shape index (κ1) is 15.0. The number of hydrogen-bond acceptors (Lipinski definition) is 3. The predicted molar refractivity (Wildman–Crippen MR) is 65.3 cm³/mol. The van der Waals surface area contributed by atoms with Crippen molar-refractivity contribution in [3.05, 3.63) is 11.8 Å². The summed E-state index contributed by atoms with van der Waals surface area (Å²) < 4.78 is 4.42. The third-order valence-electron chi connectivity index (χ3n) is 2.52. The molecule has 0 fully saturated rings. The van der Waals surface area contributed by atoms with Gasteiger partial charge in [-0.15, -0.1) is 0 Å². The maximum atomic E-state index is 10.8. The van der Waals surface area contributed by atoms with Gasteiger partial charge in [0.15, 0.2) is 0 Å². The molecule has 0 radical (unpaired) electrons. The molecule has 0 aromatic heterocycles. The topological polar surface area (TPSA) is 46.5 Å². The minimum atomic E-state index is -0.486. The Labute approximate surface area is 98.5 Å². The number of methoxy groups -OCH3 is 1. The quantitative estimate of drug-likeness (QED) is 0.283. The van der Waals surface area contributed by atoms with Gasteiger partial charge in [0.25, 0.3) is 0 Å². The summed E-state index contributed by atoms with van der Waals surface area (Å²) in [4.78, 5) is 10.8. The van der Waals surface area contributed by atoms with Crippen LogP contribution < -0.4 is 0 Å². The molecule has 0 rings (SSSR count). The van der Waals surface area contributed by atoms with Crippen LogP contribution in [0.4, 0.5) is 0 Å². The average Bonchev–Trinajstić information content (AvgIpc) is 2.27. The van der Waals surface area contributed by atoms with Gasteiger partial charge in [0.1, 0.15) is 0 Å². The van der Waals surface area contributed by atoms with Crippen molar-refractivity contribution < 1.29 is 14.6 Å². The molecule has 0 saturated heterocycles. The first-order chi connectivity index (χ1) is 7.70. The third-order valence-corrected chi connectivity index (χ3v) is 2.52. The van der Waals surface area contributed by atoms with E-state index >= 15 is 0 Å². The second kappa shape index (κ2) is 10.5. The Morgan fingerprint density at radius 3 is 2.25 bits per heavy atom. The number of carbonyl (C=O) groups is 1. The third kappa shape index (κ3) is 9.56. The number of aliphatic hydroxyl groups excluding tert-OH is 1. The number of allylic oxidation sites excluding steroid dienone is 1. The van der Waals surface area contributed by atoms with Gasteiger partial charge in [-0.2, -0.15) is 0 Å². The monoisotopic (exact) mass is 228 g/mol. The molecule has 0 saturated carbocycles. The van der Waals surface area contributed by atoms with Gasteiger partial charge in [-0.1, -0.05) is 45.4 Å². The van der Waals surface area contributed by atoms with Crippen molar-refractivity contribution in [3.63, 3.8) is 0 Å². The highest BCUT2D eigenvalue weighted by Gasteiger charge is 1.99. The molecule has 0 aromatic carbocycles. The Morgan fingerprint density at radius 2 is 1.69 bits per heavy atom. The van der Waals surface area contributed by atoms with Gasteiger partial charge in [0, 0.05) is 6.42 Å². The molecule has 3 nitrogen and oxygen atoms in total. The number of hydrogen-bond donors (Lipinski definition) is 1. The van der Waals surface area contributed by atoms with Crippen LogP contribution in [0.2, 0.25) is 0 Å². The molecule has 0 atom stereocenters. The highest BCUT2D eigenvalue weighted by Crippen LogP contribution is 2.10. The van der Waals surface area contributed by atoms with Crippen LogP contribution in [-0.2, 0) is 9.53 Å². The summed E-state index contributed by atoms with van der Waals surface area (Å²) in [7, 11) is 1.31.